The van der Waals surface area contributed by atoms with Crippen LogP contribution in [0.2, 0.25) is 5.02 Å². The van der Waals surface area contributed by atoms with Crippen LogP contribution in [0.1, 0.15) is 23.7 Å². The van der Waals surface area contributed by atoms with E-state index < -0.39 is 12.0 Å². The van der Waals surface area contributed by atoms with Crippen LogP contribution in [-0.4, -0.2) is 25.0 Å². The van der Waals surface area contributed by atoms with Gasteiger partial charge in [-0.25, -0.2) is 4.79 Å². The SMILES string of the molecule is CCC(NC(=O)c1ccc(Cl)cc1)C(=O)OC. The zero-order valence-electron chi connectivity index (χ0n) is 9.70. The first-order valence-corrected chi connectivity index (χ1v) is 5.60. The molecule has 1 aromatic rings. The van der Waals surface area contributed by atoms with Gasteiger partial charge in [-0.15, -0.1) is 0 Å². The highest BCUT2D eigenvalue weighted by molar-refractivity contribution is 6.30. The summed E-state index contributed by atoms with van der Waals surface area (Å²) in [5, 5.41) is 3.15. The maximum Gasteiger partial charge on any atom is 0.328 e. The van der Waals surface area contributed by atoms with Crippen molar-refractivity contribution in [3.05, 3.63) is 34.9 Å². The van der Waals surface area contributed by atoms with Crippen molar-refractivity contribution in [2.24, 2.45) is 0 Å². The first-order valence-electron chi connectivity index (χ1n) is 5.22. The molecule has 1 amide bonds. The van der Waals surface area contributed by atoms with Crippen molar-refractivity contribution in [3.63, 3.8) is 0 Å². The fourth-order valence-corrected chi connectivity index (χ4v) is 1.44. The second kappa shape index (κ2) is 6.25. The smallest absolute Gasteiger partial charge is 0.328 e. The number of esters is 1. The molecule has 0 aliphatic heterocycles. The largest absolute Gasteiger partial charge is 0.467 e. The first kappa shape index (κ1) is 13.5. The lowest BCUT2D eigenvalue weighted by Crippen LogP contribution is -2.40. The van der Waals surface area contributed by atoms with Crippen molar-refractivity contribution < 1.29 is 14.3 Å². The summed E-state index contributed by atoms with van der Waals surface area (Å²) in [6, 6.07) is 5.82. The van der Waals surface area contributed by atoms with E-state index in [1.54, 1.807) is 31.2 Å². The fourth-order valence-electron chi connectivity index (χ4n) is 1.31. The number of hydrogen-bond donors (Lipinski definition) is 1. The molecule has 0 spiro atoms. The van der Waals surface area contributed by atoms with Crippen LogP contribution in [0.4, 0.5) is 0 Å². The average Bonchev–Trinajstić information content (AvgIpc) is 2.35. The van der Waals surface area contributed by atoms with Crippen LogP contribution in [0.5, 0.6) is 0 Å². The van der Waals surface area contributed by atoms with Crippen molar-refractivity contribution in [2.75, 3.05) is 7.11 Å². The van der Waals surface area contributed by atoms with Gasteiger partial charge in [0.25, 0.3) is 5.91 Å². The van der Waals surface area contributed by atoms with E-state index in [0.29, 0.717) is 17.0 Å². The molecule has 0 aromatic heterocycles. The van der Waals surface area contributed by atoms with E-state index in [1.807, 2.05) is 0 Å². The van der Waals surface area contributed by atoms with Gasteiger partial charge in [0.2, 0.25) is 0 Å². The highest BCUT2D eigenvalue weighted by Crippen LogP contribution is 2.09. The van der Waals surface area contributed by atoms with Gasteiger partial charge in [0.15, 0.2) is 0 Å². The highest BCUT2D eigenvalue weighted by atomic mass is 35.5. The minimum Gasteiger partial charge on any atom is -0.467 e. The Kier molecular flexibility index (Phi) is 4.97. The van der Waals surface area contributed by atoms with Crippen LogP contribution in [0.25, 0.3) is 0 Å². The van der Waals surface area contributed by atoms with Crippen LogP contribution in [0, 0.1) is 0 Å². The summed E-state index contributed by atoms with van der Waals surface area (Å²) in [6.45, 7) is 1.80. The lowest BCUT2D eigenvalue weighted by Gasteiger charge is -2.14. The Bertz CT molecular complexity index is 403. The summed E-state index contributed by atoms with van der Waals surface area (Å²) in [6.07, 6.45) is 0.478. The first-order chi connectivity index (χ1) is 8.08. The predicted molar refractivity (Wildman–Crippen MR) is 65.0 cm³/mol. The number of carbonyl (C=O) groups excluding carboxylic acids is 2. The molecule has 0 saturated carbocycles. The molecule has 1 N–H and O–H groups in total. The van der Waals surface area contributed by atoms with Crippen molar-refractivity contribution in [1.29, 1.82) is 0 Å². The number of rotatable bonds is 4. The Balaban J connectivity index is 2.71. The van der Waals surface area contributed by atoms with E-state index in [1.165, 1.54) is 7.11 Å². The molecular weight excluding hydrogens is 242 g/mol. The monoisotopic (exact) mass is 255 g/mol. The number of ether oxygens (including phenoxy) is 1. The van der Waals surface area contributed by atoms with Crippen molar-refractivity contribution in [2.45, 2.75) is 19.4 Å². The van der Waals surface area contributed by atoms with E-state index in [-0.39, 0.29) is 5.91 Å². The van der Waals surface area contributed by atoms with Crippen LogP contribution in [0.15, 0.2) is 24.3 Å². The van der Waals surface area contributed by atoms with E-state index in [0.717, 1.165) is 0 Å². The summed E-state index contributed by atoms with van der Waals surface area (Å²) in [7, 11) is 1.29. The molecule has 5 heteroatoms. The topological polar surface area (TPSA) is 55.4 Å². The molecule has 0 saturated heterocycles. The summed E-state index contributed by atoms with van der Waals surface area (Å²) in [5.74, 6) is -0.770. The Labute approximate surface area is 105 Å². The lowest BCUT2D eigenvalue weighted by molar-refractivity contribution is -0.142. The molecule has 0 aliphatic carbocycles. The van der Waals surface area contributed by atoms with Gasteiger partial charge in [-0.1, -0.05) is 18.5 Å². The van der Waals surface area contributed by atoms with E-state index in [2.05, 4.69) is 10.1 Å². The number of nitrogens with one attached hydrogen (secondary N) is 1. The molecule has 92 valence electrons. The van der Waals surface area contributed by atoms with E-state index in [4.69, 9.17) is 11.6 Å². The number of methoxy groups -OCH3 is 1. The van der Waals surface area contributed by atoms with Crippen LogP contribution in [-0.2, 0) is 9.53 Å². The maximum absolute atomic E-state index is 11.8. The molecule has 17 heavy (non-hydrogen) atoms. The van der Waals surface area contributed by atoms with Crippen LogP contribution in [0.3, 0.4) is 0 Å². The zero-order valence-corrected chi connectivity index (χ0v) is 10.5. The van der Waals surface area contributed by atoms with Crippen molar-refractivity contribution >= 4 is 23.5 Å². The Morgan fingerprint density at radius 3 is 2.41 bits per heavy atom. The number of halogens is 1. The van der Waals surface area contributed by atoms with Crippen molar-refractivity contribution in [1.82, 2.24) is 5.32 Å². The standard InChI is InChI=1S/C12H14ClNO3/c1-3-10(12(16)17-2)14-11(15)8-4-6-9(13)7-5-8/h4-7,10H,3H2,1-2H3,(H,14,15). The van der Waals surface area contributed by atoms with E-state index >= 15 is 0 Å². The Morgan fingerprint density at radius 1 is 1.35 bits per heavy atom. The number of carbonyl (C=O) groups is 2. The number of amides is 1. The highest BCUT2D eigenvalue weighted by Gasteiger charge is 2.19. The fraction of sp³-hybridized carbons (Fsp3) is 0.333. The predicted octanol–water partition coefficient (Wildman–Crippen LogP) is 2.02. The summed E-state index contributed by atoms with van der Waals surface area (Å²) >= 11 is 5.72. The van der Waals surface area contributed by atoms with Gasteiger partial charge in [0.1, 0.15) is 6.04 Å². The van der Waals surface area contributed by atoms with Gasteiger partial charge in [-0.2, -0.15) is 0 Å². The molecule has 0 bridgehead atoms. The second-order valence-electron chi connectivity index (χ2n) is 3.46. The van der Waals surface area contributed by atoms with Gasteiger partial charge in [-0.05, 0) is 30.7 Å². The van der Waals surface area contributed by atoms with Crippen LogP contribution >= 0.6 is 11.6 Å². The second-order valence-corrected chi connectivity index (χ2v) is 3.90. The molecule has 0 fully saturated rings. The zero-order chi connectivity index (χ0) is 12.8. The molecule has 4 nitrogen and oxygen atoms in total. The van der Waals surface area contributed by atoms with E-state index in [9.17, 15) is 9.59 Å². The third-order valence-electron chi connectivity index (χ3n) is 2.31. The van der Waals surface area contributed by atoms with Crippen molar-refractivity contribution in [3.8, 4) is 0 Å². The molecular formula is C12H14ClNO3. The summed E-state index contributed by atoms with van der Waals surface area (Å²) < 4.78 is 4.58. The Morgan fingerprint density at radius 2 is 1.94 bits per heavy atom. The third kappa shape index (κ3) is 3.75. The summed E-state index contributed by atoms with van der Waals surface area (Å²) in [5.41, 5.74) is 0.455. The van der Waals surface area contributed by atoms with Gasteiger partial charge in [0, 0.05) is 10.6 Å². The normalized spacial score (nSPS) is 11.7. The van der Waals surface area contributed by atoms with Gasteiger partial charge >= 0.3 is 5.97 Å². The molecule has 0 radical (unpaired) electrons. The van der Waals surface area contributed by atoms with Gasteiger partial charge in [0.05, 0.1) is 7.11 Å². The van der Waals surface area contributed by atoms with Crippen LogP contribution < -0.4 is 5.32 Å². The number of hydrogen-bond acceptors (Lipinski definition) is 3. The molecule has 0 aliphatic rings. The minimum atomic E-state index is -0.622. The number of benzene rings is 1. The maximum atomic E-state index is 11.8. The molecule has 1 aromatic carbocycles. The Hall–Kier alpha value is -1.55. The van der Waals surface area contributed by atoms with Gasteiger partial charge in [-0.3, -0.25) is 4.79 Å². The van der Waals surface area contributed by atoms with Gasteiger partial charge < -0.3 is 10.1 Å². The molecule has 1 atom stereocenters. The molecule has 0 heterocycles. The average molecular weight is 256 g/mol. The quantitative estimate of drug-likeness (QED) is 0.838. The third-order valence-corrected chi connectivity index (χ3v) is 2.56. The lowest BCUT2D eigenvalue weighted by atomic mass is 10.1. The molecule has 1 unspecified atom stereocenters. The summed E-state index contributed by atoms with van der Waals surface area (Å²) in [4.78, 5) is 23.1. The minimum absolute atomic E-state index is 0.320. The molecule has 1 rings (SSSR count).